The molecule has 0 unspecified atom stereocenters. The zero-order chi connectivity index (χ0) is 14.3. The van der Waals surface area contributed by atoms with E-state index < -0.39 is 0 Å². The highest BCUT2D eigenvalue weighted by atomic mass is 32.2. The van der Waals surface area contributed by atoms with Crippen LogP contribution in [-0.2, 0) is 0 Å². The molecular weight excluding hydrogens is 256 g/mol. The second kappa shape index (κ2) is 8.05. The second-order valence-electron chi connectivity index (χ2n) is 4.69. The summed E-state index contributed by atoms with van der Waals surface area (Å²) in [4.78, 5) is 12.2. The molecule has 0 aliphatic carbocycles. The highest BCUT2D eigenvalue weighted by Gasteiger charge is 2.13. The van der Waals surface area contributed by atoms with E-state index in [1.807, 2.05) is 25.1 Å². The molecule has 0 fully saturated rings. The van der Waals surface area contributed by atoms with E-state index in [-0.39, 0.29) is 5.78 Å². The normalized spacial score (nSPS) is 10.5. The first-order chi connectivity index (χ1) is 9.04. The predicted molar refractivity (Wildman–Crippen MR) is 83.4 cm³/mol. The molecule has 0 N–H and O–H groups in total. The molecule has 0 aromatic heterocycles. The maximum absolute atomic E-state index is 12.2. The Kier molecular flexibility index (Phi) is 6.71. The molecular formula is C16H22O2S. The minimum Gasteiger partial charge on any atom is -0.489 e. The number of carbonyl (C=O) groups is 1. The van der Waals surface area contributed by atoms with E-state index in [1.54, 1.807) is 17.8 Å². The summed E-state index contributed by atoms with van der Waals surface area (Å²) in [6.45, 7) is 10.3. The van der Waals surface area contributed by atoms with Crippen LogP contribution in [0.3, 0.4) is 0 Å². The van der Waals surface area contributed by atoms with Gasteiger partial charge in [-0.05, 0) is 24.3 Å². The molecule has 0 aliphatic heterocycles. The maximum Gasteiger partial charge on any atom is 0.167 e. The quantitative estimate of drug-likeness (QED) is 0.524. The van der Waals surface area contributed by atoms with E-state index in [4.69, 9.17) is 4.74 Å². The van der Waals surface area contributed by atoms with Gasteiger partial charge in [-0.2, -0.15) is 11.8 Å². The van der Waals surface area contributed by atoms with Crippen LogP contribution in [0, 0.1) is 6.92 Å². The molecule has 1 aromatic carbocycles. The van der Waals surface area contributed by atoms with Crippen molar-refractivity contribution in [2.75, 3.05) is 12.4 Å². The lowest BCUT2D eigenvalue weighted by Gasteiger charge is -2.11. The Balaban J connectivity index is 2.75. The largest absolute Gasteiger partial charge is 0.489 e. The molecule has 19 heavy (non-hydrogen) atoms. The summed E-state index contributed by atoms with van der Waals surface area (Å²) in [5.74, 6) is 1.66. The van der Waals surface area contributed by atoms with E-state index in [9.17, 15) is 4.79 Å². The number of carbonyl (C=O) groups excluding carboxylic acids is 1. The molecule has 1 aromatic rings. The molecule has 0 saturated carbocycles. The van der Waals surface area contributed by atoms with Crippen molar-refractivity contribution in [3.05, 3.63) is 42.0 Å². The number of ether oxygens (including phenoxy) is 1. The smallest absolute Gasteiger partial charge is 0.167 e. The van der Waals surface area contributed by atoms with Gasteiger partial charge in [-0.25, -0.2) is 0 Å². The van der Waals surface area contributed by atoms with Gasteiger partial charge in [0.25, 0.3) is 0 Å². The molecule has 0 bridgehead atoms. The molecule has 3 heteroatoms. The number of Topliss-reactive ketones (excluding diaryl/α,β-unsaturated/α-hetero) is 1. The molecule has 0 radical (unpaired) electrons. The third kappa shape index (κ3) is 5.52. The van der Waals surface area contributed by atoms with Crippen molar-refractivity contribution >= 4 is 17.5 Å². The van der Waals surface area contributed by atoms with Crippen molar-refractivity contribution in [3.8, 4) is 5.75 Å². The molecule has 0 atom stereocenters. The van der Waals surface area contributed by atoms with Crippen LogP contribution in [0.1, 0.15) is 36.2 Å². The number of ketones is 1. The fourth-order valence-electron chi connectivity index (χ4n) is 1.66. The third-order valence-corrected chi connectivity index (χ3v) is 3.68. The molecule has 0 amide bonds. The van der Waals surface area contributed by atoms with Crippen molar-refractivity contribution in [2.45, 2.75) is 32.4 Å². The molecule has 2 nitrogen and oxygen atoms in total. The number of benzene rings is 1. The van der Waals surface area contributed by atoms with E-state index in [0.29, 0.717) is 29.6 Å². The first-order valence-electron chi connectivity index (χ1n) is 6.53. The Bertz CT molecular complexity index is 438. The monoisotopic (exact) mass is 278 g/mol. The second-order valence-corrected chi connectivity index (χ2v) is 6.38. The number of thioether (sulfide) groups is 1. The number of hydrogen-bond acceptors (Lipinski definition) is 3. The van der Waals surface area contributed by atoms with Crippen LogP contribution < -0.4 is 4.74 Å². The van der Waals surface area contributed by atoms with Crippen LogP contribution in [0.4, 0.5) is 0 Å². The number of aryl methyl sites for hydroxylation is 1. The zero-order valence-electron chi connectivity index (χ0n) is 11.9. The lowest BCUT2D eigenvalue weighted by atomic mass is 10.1. The number of rotatable bonds is 8. The number of hydrogen-bond donors (Lipinski definition) is 0. The maximum atomic E-state index is 12.2. The Hall–Kier alpha value is -1.22. The van der Waals surface area contributed by atoms with Gasteiger partial charge in [0.2, 0.25) is 0 Å². The first kappa shape index (κ1) is 15.8. The van der Waals surface area contributed by atoms with Crippen LogP contribution in [0.5, 0.6) is 5.75 Å². The molecule has 0 aliphatic rings. The Labute approximate surface area is 120 Å². The van der Waals surface area contributed by atoms with Gasteiger partial charge in [-0.15, -0.1) is 0 Å². The fraction of sp³-hybridized carbons (Fsp3) is 0.438. The van der Waals surface area contributed by atoms with Gasteiger partial charge in [0, 0.05) is 12.2 Å². The van der Waals surface area contributed by atoms with Gasteiger partial charge in [-0.3, -0.25) is 4.79 Å². The summed E-state index contributed by atoms with van der Waals surface area (Å²) < 4.78 is 5.54. The van der Waals surface area contributed by atoms with Crippen LogP contribution >= 0.6 is 11.8 Å². The minimum atomic E-state index is 0.149. The van der Waals surface area contributed by atoms with Gasteiger partial charge < -0.3 is 4.74 Å². The van der Waals surface area contributed by atoms with E-state index >= 15 is 0 Å². The van der Waals surface area contributed by atoms with Crippen LogP contribution in [0.25, 0.3) is 0 Å². The lowest BCUT2D eigenvalue weighted by molar-refractivity contribution is 0.0986. The molecule has 104 valence electrons. The lowest BCUT2D eigenvalue weighted by Crippen LogP contribution is -2.06. The summed E-state index contributed by atoms with van der Waals surface area (Å²) in [6.07, 6.45) is 2.24. The molecule has 1 rings (SSSR count). The van der Waals surface area contributed by atoms with Crippen molar-refractivity contribution in [1.29, 1.82) is 0 Å². The van der Waals surface area contributed by atoms with Gasteiger partial charge in [0.15, 0.2) is 5.78 Å². The third-order valence-electron chi connectivity index (χ3n) is 2.57. The predicted octanol–water partition coefficient (Wildman–Crippen LogP) is 4.27. The minimum absolute atomic E-state index is 0.149. The fourth-order valence-corrected chi connectivity index (χ4v) is 2.43. The van der Waals surface area contributed by atoms with Crippen LogP contribution in [0.2, 0.25) is 0 Å². The van der Waals surface area contributed by atoms with Crippen LogP contribution in [-0.4, -0.2) is 23.4 Å². The van der Waals surface area contributed by atoms with Gasteiger partial charge in [-0.1, -0.05) is 38.1 Å². The highest BCUT2D eigenvalue weighted by Crippen LogP contribution is 2.23. The first-order valence-corrected chi connectivity index (χ1v) is 7.58. The summed E-state index contributed by atoms with van der Waals surface area (Å²) in [6, 6.07) is 5.72. The Morgan fingerprint density at radius 3 is 2.84 bits per heavy atom. The van der Waals surface area contributed by atoms with Gasteiger partial charge in [0.05, 0.1) is 5.56 Å². The van der Waals surface area contributed by atoms with Crippen molar-refractivity contribution in [3.63, 3.8) is 0 Å². The summed E-state index contributed by atoms with van der Waals surface area (Å²) in [5.41, 5.74) is 1.76. The molecule has 0 spiro atoms. The standard InChI is InChI=1S/C16H22O2S/c1-5-9-18-16-7-6-13(4)11-14(16)15(17)8-10-19-12(2)3/h5-7,11-12H,1,8-10H2,2-4H3. The SMILES string of the molecule is C=CCOc1ccc(C)cc1C(=O)CCSC(C)C. The van der Waals surface area contributed by atoms with E-state index in [1.165, 1.54) is 0 Å². The summed E-state index contributed by atoms with van der Waals surface area (Å²) >= 11 is 1.80. The summed E-state index contributed by atoms with van der Waals surface area (Å²) in [7, 11) is 0. The van der Waals surface area contributed by atoms with E-state index in [2.05, 4.69) is 20.4 Å². The highest BCUT2D eigenvalue weighted by molar-refractivity contribution is 7.99. The zero-order valence-corrected chi connectivity index (χ0v) is 12.8. The van der Waals surface area contributed by atoms with Gasteiger partial charge in [0.1, 0.15) is 12.4 Å². The van der Waals surface area contributed by atoms with E-state index in [0.717, 1.165) is 11.3 Å². The molecule has 0 saturated heterocycles. The van der Waals surface area contributed by atoms with Crippen LogP contribution in [0.15, 0.2) is 30.9 Å². The Morgan fingerprint density at radius 2 is 2.21 bits per heavy atom. The van der Waals surface area contributed by atoms with Crippen molar-refractivity contribution in [2.24, 2.45) is 0 Å². The van der Waals surface area contributed by atoms with Crippen molar-refractivity contribution in [1.82, 2.24) is 0 Å². The summed E-state index contributed by atoms with van der Waals surface area (Å²) in [5, 5.41) is 0.557. The van der Waals surface area contributed by atoms with Crippen molar-refractivity contribution < 1.29 is 9.53 Å². The van der Waals surface area contributed by atoms with Gasteiger partial charge >= 0.3 is 0 Å². The topological polar surface area (TPSA) is 26.3 Å². The molecule has 0 heterocycles. The Morgan fingerprint density at radius 1 is 1.47 bits per heavy atom. The average Bonchev–Trinajstić information content (AvgIpc) is 2.36. The average molecular weight is 278 g/mol.